The third kappa shape index (κ3) is 5.51. The maximum absolute atomic E-state index is 14.4. The minimum atomic E-state index is -1.04. The van der Waals surface area contributed by atoms with Crippen LogP contribution < -0.4 is 4.74 Å². The molecule has 2 aromatic rings. The summed E-state index contributed by atoms with van der Waals surface area (Å²) in [4.78, 5) is 23.4. The molecule has 0 radical (unpaired) electrons. The van der Waals surface area contributed by atoms with E-state index in [4.69, 9.17) is 4.74 Å². The summed E-state index contributed by atoms with van der Waals surface area (Å²) < 4.78 is 47.9. The maximum atomic E-state index is 14.4. The molecule has 2 aromatic carbocycles. The number of hydrogen-bond acceptors (Lipinski definition) is 8. The summed E-state index contributed by atoms with van der Waals surface area (Å²) in [7, 11) is 4.58. The van der Waals surface area contributed by atoms with E-state index in [0.717, 1.165) is 35.0 Å². The third-order valence-electron chi connectivity index (χ3n) is 5.55. The Morgan fingerprint density at radius 2 is 2.00 bits per heavy atom. The fraction of sp³-hybridized carbons (Fsp3) is 0.364. The van der Waals surface area contributed by atoms with Crippen LogP contribution in [0.5, 0.6) is 5.75 Å². The number of rotatable bonds is 6. The smallest absolute Gasteiger partial charge is 0.233 e. The van der Waals surface area contributed by atoms with Crippen LogP contribution in [0.1, 0.15) is 17.5 Å². The van der Waals surface area contributed by atoms with Gasteiger partial charge >= 0.3 is 0 Å². The number of fused-ring (bicyclic) bond motifs is 2. The predicted molar refractivity (Wildman–Crippen MR) is 123 cm³/mol. The molecule has 2 atom stereocenters. The van der Waals surface area contributed by atoms with Crippen LogP contribution in [0.2, 0.25) is 0 Å². The second-order valence-corrected chi connectivity index (χ2v) is 8.89. The molecule has 0 aliphatic carbocycles. The van der Waals surface area contributed by atoms with Crippen LogP contribution >= 0.6 is 11.8 Å². The second-order valence-electron chi connectivity index (χ2n) is 7.68. The molecule has 9 nitrogen and oxygen atoms in total. The SMILES string of the molecule is CN1N=C(c2cc(F)ccc2F)SC12c1cc(F)ccc1OCC2CC[N+](=O)[O-].CON(C)C=O. The molecule has 0 aromatic heterocycles. The van der Waals surface area contributed by atoms with Crippen LogP contribution in [0.3, 0.4) is 0 Å². The lowest BCUT2D eigenvalue weighted by Gasteiger charge is -2.44. The molecule has 13 heteroatoms. The number of amides is 1. The van der Waals surface area contributed by atoms with Gasteiger partial charge in [0.15, 0.2) is 0 Å². The summed E-state index contributed by atoms with van der Waals surface area (Å²) in [5.41, 5.74) is 0.441. The van der Waals surface area contributed by atoms with Crippen molar-refractivity contribution in [2.75, 3.05) is 34.4 Å². The number of ether oxygens (including phenoxy) is 1. The van der Waals surface area contributed by atoms with E-state index in [1.165, 1.54) is 32.4 Å². The van der Waals surface area contributed by atoms with Crippen molar-refractivity contribution in [3.8, 4) is 5.75 Å². The molecular weight excluding hydrogens is 489 g/mol. The highest BCUT2D eigenvalue weighted by atomic mass is 32.2. The summed E-state index contributed by atoms with van der Waals surface area (Å²) in [5, 5.41) is 18.2. The van der Waals surface area contributed by atoms with Crippen LogP contribution in [-0.2, 0) is 14.5 Å². The first-order valence-corrected chi connectivity index (χ1v) is 11.2. The van der Waals surface area contributed by atoms with Gasteiger partial charge in [-0.1, -0.05) is 11.8 Å². The highest BCUT2D eigenvalue weighted by Gasteiger charge is 2.54. The van der Waals surface area contributed by atoms with Gasteiger partial charge < -0.3 is 4.74 Å². The minimum Gasteiger partial charge on any atom is -0.493 e. The molecule has 0 saturated carbocycles. The predicted octanol–water partition coefficient (Wildman–Crippen LogP) is 3.61. The first-order chi connectivity index (χ1) is 16.6. The number of carbonyl (C=O) groups excluding carboxylic acids is 1. The van der Waals surface area contributed by atoms with E-state index in [1.807, 2.05) is 0 Å². The fourth-order valence-electron chi connectivity index (χ4n) is 3.81. The van der Waals surface area contributed by atoms with Crippen molar-refractivity contribution in [1.29, 1.82) is 0 Å². The minimum absolute atomic E-state index is 0.0174. The number of hydrogen-bond donors (Lipinski definition) is 0. The zero-order chi connectivity index (χ0) is 25.8. The molecule has 188 valence electrons. The van der Waals surface area contributed by atoms with E-state index in [2.05, 4.69) is 9.94 Å². The third-order valence-corrected chi connectivity index (χ3v) is 7.17. The molecule has 2 aliphatic rings. The van der Waals surface area contributed by atoms with Gasteiger partial charge in [0.2, 0.25) is 13.0 Å². The fourth-order valence-corrected chi connectivity index (χ4v) is 5.33. The van der Waals surface area contributed by atoms with E-state index in [9.17, 15) is 28.1 Å². The van der Waals surface area contributed by atoms with Crippen molar-refractivity contribution >= 4 is 23.2 Å². The molecule has 1 spiro atoms. The zero-order valence-electron chi connectivity index (χ0n) is 19.1. The molecule has 2 heterocycles. The first-order valence-electron chi connectivity index (χ1n) is 10.4. The highest BCUT2D eigenvalue weighted by molar-refractivity contribution is 8.15. The topological polar surface area (TPSA) is 97.5 Å². The Hall–Kier alpha value is -3.32. The van der Waals surface area contributed by atoms with Gasteiger partial charge in [0.1, 0.15) is 33.1 Å². The monoisotopic (exact) mass is 512 g/mol. The van der Waals surface area contributed by atoms with Crippen LogP contribution in [0.4, 0.5) is 13.2 Å². The summed E-state index contributed by atoms with van der Waals surface area (Å²) in [6.07, 6.45) is 0.731. The van der Waals surface area contributed by atoms with Gasteiger partial charge in [-0.3, -0.25) is 24.8 Å². The number of halogens is 3. The Bertz CT molecular complexity index is 1140. The molecule has 2 aliphatic heterocycles. The molecular formula is C22H23F3N4O5S. The van der Waals surface area contributed by atoms with Gasteiger partial charge in [-0.25, -0.2) is 18.2 Å². The van der Waals surface area contributed by atoms with E-state index in [1.54, 1.807) is 12.1 Å². The van der Waals surface area contributed by atoms with Gasteiger partial charge in [-0.05, 0) is 36.4 Å². The van der Waals surface area contributed by atoms with Crippen molar-refractivity contribution in [2.45, 2.75) is 11.3 Å². The largest absolute Gasteiger partial charge is 0.493 e. The summed E-state index contributed by atoms with van der Waals surface area (Å²) >= 11 is 1.13. The number of benzene rings is 2. The van der Waals surface area contributed by atoms with Crippen molar-refractivity contribution in [2.24, 2.45) is 11.0 Å². The standard InChI is InChI=1S/C19H16F3N3O3S.C3H7NO2/c1-24-19(29-18(23-24)14-8-12(20)2-4-16(14)22)11(6-7-25(26)27)10-28-17-5-3-13(21)9-15(17)19;1-4(3-5)6-2/h2-5,8-9,11H,6-7,10H2,1H3;3H,1-2H3. The number of hydroxylamine groups is 2. The van der Waals surface area contributed by atoms with Crippen LogP contribution in [-0.4, -0.2) is 60.8 Å². The van der Waals surface area contributed by atoms with E-state index >= 15 is 0 Å². The van der Waals surface area contributed by atoms with Gasteiger partial charge in [-0.15, -0.1) is 0 Å². The summed E-state index contributed by atoms with van der Waals surface area (Å²) in [6, 6.07) is 7.13. The Labute approximate surface area is 203 Å². The number of nitrogens with zero attached hydrogens (tertiary/aromatic N) is 4. The van der Waals surface area contributed by atoms with E-state index in [-0.39, 0.29) is 30.2 Å². The average molecular weight is 513 g/mol. The quantitative estimate of drug-likeness (QED) is 0.331. The Morgan fingerprint density at radius 3 is 2.63 bits per heavy atom. The van der Waals surface area contributed by atoms with Crippen molar-refractivity contribution in [3.05, 3.63) is 75.1 Å². The summed E-state index contributed by atoms with van der Waals surface area (Å²) in [5.74, 6) is -1.76. The Morgan fingerprint density at radius 1 is 1.31 bits per heavy atom. The van der Waals surface area contributed by atoms with Crippen LogP contribution in [0.15, 0.2) is 41.5 Å². The average Bonchev–Trinajstić information content (AvgIpc) is 3.17. The lowest BCUT2D eigenvalue weighted by atomic mass is 9.87. The lowest BCUT2D eigenvalue weighted by Crippen LogP contribution is -2.48. The molecule has 2 unspecified atom stereocenters. The molecule has 4 rings (SSSR count). The number of hydrazone groups is 1. The van der Waals surface area contributed by atoms with Crippen LogP contribution in [0.25, 0.3) is 0 Å². The molecule has 1 amide bonds. The van der Waals surface area contributed by atoms with Gasteiger partial charge in [0.05, 0.1) is 13.7 Å². The normalized spacial score (nSPS) is 20.3. The van der Waals surface area contributed by atoms with E-state index in [0.29, 0.717) is 17.7 Å². The zero-order valence-corrected chi connectivity index (χ0v) is 19.9. The first kappa shape index (κ1) is 26.3. The summed E-state index contributed by atoms with van der Waals surface area (Å²) in [6.45, 7) is -0.156. The molecule has 35 heavy (non-hydrogen) atoms. The van der Waals surface area contributed by atoms with Gasteiger partial charge in [-0.2, -0.15) is 5.10 Å². The second kappa shape index (κ2) is 11.0. The van der Waals surface area contributed by atoms with Gasteiger partial charge in [0, 0.05) is 42.5 Å². The lowest BCUT2D eigenvalue weighted by molar-refractivity contribution is -0.482. The van der Waals surface area contributed by atoms with Crippen molar-refractivity contribution in [3.63, 3.8) is 0 Å². The maximum Gasteiger partial charge on any atom is 0.233 e. The molecule has 0 N–H and O–H groups in total. The molecule has 0 bridgehead atoms. The Kier molecular flexibility index (Phi) is 8.22. The van der Waals surface area contributed by atoms with E-state index < -0.39 is 33.2 Å². The molecule has 0 saturated heterocycles. The van der Waals surface area contributed by atoms with Gasteiger partial charge in [0.25, 0.3) is 0 Å². The van der Waals surface area contributed by atoms with Crippen molar-refractivity contribution < 1.29 is 32.5 Å². The Balaban J connectivity index is 0.000000509. The highest BCUT2D eigenvalue weighted by Crippen LogP contribution is 2.57. The number of carbonyl (C=O) groups is 1. The van der Waals surface area contributed by atoms with Crippen LogP contribution in [0, 0.1) is 33.5 Å². The van der Waals surface area contributed by atoms with Crippen molar-refractivity contribution in [1.82, 2.24) is 10.1 Å². The number of nitro groups is 1. The molecule has 0 fully saturated rings. The number of thioether (sulfide) groups is 1.